The molecule has 2 amide bonds. The van der Waals surface area contributed by atoms with Crippen molar-refractivity contribution in [1.82, 2.24) is 4.90 Å². The number of amides is 2. The number of piperazine rings is 1. The lowest BCUT2D eigenvalue weighted by Crippen LogP contribution is -2.49. The lowest BCUT2D eigenvalue weighted by molar-refractivity contribution is -0.123. The van der Waals surface area contributed by atoms with Gasteiger partial charge in [-0.15, -0.1) is 0 Å². The van der Waals surface area contributed by atoms with E-state index in [0.29, 0.717) is 37.4 Å². The van der Waals surface area contributed by atoms with Gasteiger partial charge in [0.15, 0.2) is 0 Å². The van der Waals surface area contributed by atoms with Gasteiger partial charge in [-0.05, 0) is 24.3 Å². The molecule has 1 saturated heterocycles. The number of para-hydroxylation sites is 3. The Morgan fingerprint density at radius 3 is 2.31 bits per heavy atom. The Morgan fingerprint density at radius 1 is 0.969 bits per heavy atom. The highest BCUT2D eigenvalue weighted by atomic mass is 16.5. The molecule has 4 rings (SSSR count). The number of anilines is 2. The molecule has 7 heteroatoms. The average Bonchev–Trinajstić information content (AvgIpc) is 3.16. The zero-order valence-electron chi connectivity index (χ0n) is 19.0. The first-order valence-electron chi connectivity index (χ1n) is 10.8. The smallest absolute Gasteiger partial charge is 0.291 e. The second kappa shape index (κ2) is 8.57. The van der Waals surface area contributed by atoms with E-state index in [9.17, 15) is 9.59 Å². The summed E-state index contributed by atoms with van der Waals surface area (Å²) in [6.07, 6.45) is 0. The zero-order chi connectivity index (χ0) is 22.9. The Hall–Kier alpha value is -3.48. The maximum Gasteiger partial charge on any atom is 0.291 e. The van der Waals surface area contributed by atoms with Crippen molar-refractivity contribution in [2.75, 3.05) is 43.5 Å². The molecule has 7 nitrogen and oxygen atoms in total. The van der Waals surface area contributed by atoms with Crippen LogP contribution in [-0.4, -0.2) is 50.0 Å². The number of fused-ring (bicyclic) bond motifs is 1. The van der Waals surface area contributed by atoms with E-state index in [-0.39, 0.29) is 17.6 Å². The summed E-state index contributed by atoms with van der Waals surface area (Å²) in [6, 6.07) is 15.3. The van der Waals surface area contributed by atoms with Crippen molar-refractivity contribution in [1.29, 1.82) is 0 Å². The highest BCUT2D eigenvalue weighted by Crippen LogP contribution is 2.34. The van der Waals surface area contributed by atoms with Crippen LogP contribution in [0.1, 0.15) is 31.3 Å². The van der Waals surface area contributed by atoms with Crippen LogP contribution in [0.4, 0.5) is 11.4 Å². The van der Waals surface area contributed by atoms with Crippen LogP contribution in [0.5, 0.6) is 5.75 Å². The van der Waals surface area contributed by atoms with Crippen molar-refractivity contribution in [3.63, 3.8) is 0 Å². The molecule has 0 aliphatic carbocycles. The fourth-order valence-electron chi connectivity index (χ4n) is 3.81. The first-order valence-corrected chi connectivity index (χ1v) is 10.8. The van der Waals surface area contributed by atoms with Crippen LogP contribution >= 0.6 is 0 Å². The summed E-state index contributed by atoms with van der Waals surface area (Å²) in [7, 11) is 1.66. The Labute approximate surface area is 187 Å². The number of benzene rings is 2. The number of rotatable bonds is 4. The lowest BCUT2D eigenvalue weighted by Gasteiger charge is -2.36. The fourth-order valence-corrected chi connectivity index (χ4v) is 3.81. The molecule has 0 atom stereocenters. The molecule has 1 aliphatic rings. The fraction of sp³-hybridized carbons (Fsp3) is 0.360. The normalized spacial score (nSPS) is 14.5. The molecular weight excluding hydrogens is 406 g/mol. The van der Waals surface area contributed by atoms with Gasteiger partial charge < -0.3 is 24.3 Å². The third-order valence-electron chi connectivity index (χ3n) is 5.70. The number of ether oxygens (including phenoxy) is 1. The van der Waals surface area contributed by atoms with E-state index in [4.69, 9.17) is 9.15 Å². The van der Waals surface area contributed by atoms with E-state index in [2.05, 4.69) is 10.2 Å². The first kappa shape index (κ1) is 21.7. The molecule has 0 unspecified atom stereocenters. The Kier molecular flexibility index (Phi) is 5.82. The van der Waals surface area contributed by atoms with Crippen LogP contribution in [0, 0.1) is 5.41 Å². The number of carbonyl (C=O) groups excluding carboxylic acids is 2. The quantitative estimate of drug-likeness (QED) is 0.658. The van der Waals surface area contributed by atoms with Crippen LogP contribution in [0.25, 0.3) is 11.0 Å². The van der Waals surface area contributed by atoms with E-state index >= 15 is 0 Å². The number of hydrogen-bond acceptors (Lipinski definition) is 5. The molecule has 1 aromatic heterocycles. The van der Waals surface area contributed by atoms with Crippen molar-refractivity contribution in [2.45, 2.75) is 20.8 Å². The third-order valence-corrected chi connectivity index (χ3v) is 5.70. The summed E-state index contributed by atoms with van der Waals surface area (Å²) in [5.41, 5.74) is 1.44. The van der Waals surface area contributed by atoms with Gasteiger partial charge >= 0.3 is 0 Å². The Morgan fingerprint density at radius 2 is 1.62 bits per heavy atom. The third kappa shape index (κ3) is 4.15. The molecule has 2 heterocycles. The summed E-state index contributed by atoms with van der Waals surface area (Å²) < 4.78 is 11.4. The maximum atomic E-state index is 13.4. The minimum absolute atomic E-state index is 0.168. The molecule has 32 heavy (non-hydrogen) atoms. The number of carbonyl (C=O) groups is 2. The monoisotopic (exact) mass is 435 g/mol. The molecular formula is C25H29N3O4. The van der Waals surface area contributed by atoms with Crippen molar-refractivity contribution < 1.29 is 18.7 Å². The summed E-state index contributed by atoms with van der Waals surface area (Å²) in [5, 5.41) is 3.66. The summed E-state index contributed by atoms with van der Waals surface area (Å²) in [5.74, 6) is 0.607. The summed E-state index contributed by atoms with van der Waals surface area (Å²) >= 11 is 0. The Bertz CT molecular complexity index is 1140. The molecule has 0 bridgehead atoms. The number of furan rings is 1. The van der Waals surface area contributed by atoms with Crippen LogP contribution < -0.4 is 15.0 Å². The highest BCUT2D eigenvalue weighted by molar-refractivity contribution is 6.11. The van der Waals surface area contributed by atoms with Gasteiger partial charge in [0, 0.05) is 37.0 Å². The SMILES string of the molecule is COc1ccccc1N1CCN(C(=O)c2oc3ccccc3c2NC(=O)C(C)(C)C)CC1. The summed E-state index contributed by atoms with van der Waals surface area (Å²) in [6.45, 7) is 7.95. The Balaban J connectivity index is 1.57. The lowest BCUT2D eigenvalue weighted by atomic mass is 9.95. The van der Waals surface area contributed by atoms with Gasteiger partial charge in [0.1, 0.15) is 17.0 Å². The van der Waals surface area contributed by atoms with Gasteiger partial charge in [-0.1, -0.05) is 45.0 Å². The van der Waals surface area contributed by atoms with Gasteiger partial charge in [-0.3, -0.25) is 9.59 Å². The van der Waals surface area contributed by atoms with Crippen LogP contribution in [0.15, 0.2) is 52.9 Å². The van der Waals surface area contributed by atoms with Crippen LogP contribution in [0.2, 0.25) is 0 Å². The minimum Gasteiger partial charge on any atom is -0.495 e. The van der Waals surface area contributed by atoms with Gasteiger partial charge in [0.2, 0.25) is 11.7 Å². The van der Waals surface area contributed by atoms with E-state index in [0.717, 1.165) is 16.8 Å². The van der Waals surface area contributed by atoms with Gasteiger partial charge in [-0.25, -0.2) is 0 Å². The molecule has 168 valence electrons. The number of methoxy groups -OCH3 is 1. The largest absolute Gasteiger partial charge is 0.495 e. The van der Waals surface area contributed by atoms with Crippen LogP contribution in [-0.2, 0) is 4.79 Å². The predicted molar refractivity (Wildman–Crippen MR) is 125 cm³/mol. The van der Waals surface area contributed by atoms with E-state index in [1.165, 1.54) is 0 Å². The average molecular weight is 436 g/mol. The molecule has 3 aromatic rings. The molecule has 0 spiro atoms. The van der Waals surface area contributed by atoms with Crippen LogP contribution in [0.3, 0.4) is 0 Å². The van der Waals surface area contributed by atoms with Gasteiger partial charge in [-0.2, -0.15) is 0 Å². The molecule has 2 aromatic carbocycles. The van der Waals surface area contributed by atoms with Gasteiger partial charge in [0.05, 0.1) is 12.8 Å². The maximum absolute atomic E-state index is 13.4. The topological polar surface area (TPSA) is 75.0 Å². The number of hydrogen-bond donors (Lipinski definition) is 1. The standard InChI is InChI=1S/C25H29N3O4/c1-25(2,3)24(30)26-21-17-9-5-7-11-19(17)32-22(21)23(29)28-15-13-27(14-16-28)18-10-6-8-12-20(18)31-4/h5-12H,13-16H2,1-4H3,(H,26,30). The molecule has 1 aliphatic heterocycles. The minimum atomic E-state index is -0.598. The van der Waals surface area contributed by atoms with Crippen molar-refractivity contribution in [2.24, 2.45) is 5.41 Å². The second-order valence-electron chi connectivity index (χ2n) is 8.96. The first-order chi connectivity index (χ1) is 15.3. The number of nitrogens with zero attached hydrogens (tertiary/aromatic N) is 2. The zero-order valence-corrected chi connectivity index (χ0v) is 19.0. The second-order valence-corrected chi connectivity index (χ2v) is 8.96. The van der Waals surface area contributed by atoms with E-state index < -0.39 is 5.41 Å². The number of nitrogens with one attached hydrogen (secondary N) is 1. The van der Waals surface area contributed by atoms with E-state index in [1.54, 1.807) is 18.1 Å². The van der Waals surface area contributed by atoms with Crippen molar-refractivity contribution >= 4 is 34.2 Å². The van der Waals surface area contributed by atoms with Gasteiger partial charge in [0.25, 0.3) is 5.91 Å². The summed E-state index contributed by atoms with van der Waals surface area (Å²) in [4.78, 5) is 30.1. The molecule has 1 N–H and O–H groups in total. The van der Waals surface area contributed by atoms with Crippen molar-refractivity contribution in [3.8, 4) is 5.75 Å². The predicted octanol–water partition coefficient (Wildman–Crippen LogP) is 4.39. The van der Waals surface area contributed by atoms with E-state index in [1.807, 2.05) is 63.2 Å². The molecule has 0 radical (unpaired) electrons. The molecule has 1 fully saturated rings. The highest BCUT2D eigenvalue weighted by Gasteiger charge is 2.31. The molecule has 0 saturated carbocycles. The van der Waals surface area contributed by atoms with Crippen molar-refractivity contribution in [3.05, 3.63) is 54.3 Å².